The minimum atomic E-state index is 0.0300. The topological polar surface area (TPSA) is 64.9 Å². The number of hydrogen-bond acceptors (Lipinski definition) is 5. The fourth-order valence-electron chi connectivity index (χ4n) is 0.874. The Morgan fingerprint density at radius 3 is 2.62 bits per heavy atom. The Morgan fingerprint density at radius 1 is 1.46 bits per heavy atom. The van der Waals surface area contributed by atoms with Crippen LogP contribution in [0.15, 0.2) is 9.64 Å². The maximum Gasteiger partial charge on any atom is 0.276 e. The standard InChI is InChI=1S/C8H15N3OS/c1-8(2,5-9)4-6-10-11-7(12-6)13-3/h4-5,9H2,1-3H3. The Bertz CT molecular complexity index is 272. The highest BCUT2D eigenvalue weighted by Gasteiger charge is 2.19. The predicted octanol–water partition coefficient (Wildman–Crippen LogP) is 1.32. The van der Waals surface area contributed by atoms with E-state index in [9.17, 15) is 0 Å². The van der Waals surface area contributed by atoms with Gasteiger partial charge in [-0.2, -0.15) is 0 Å². The average molecular weight is 201 g/mol. The van der Waals surface area contributed by atoms with Crippen molar-refractivity contribution in [2.75, 3.05) is 12.8 Å². The van der Waals surface area contributed by atoms with Gasteiger partial charge in [-0.3, -0.25) is 0 Å². The van der Waals surface area contributed by atoms with E-state index in [1.165, 1.54) is 11.8 Å². The number of aromatic nitrogens is 2. The molecule has 1 heterocycles. The number of rotatable bonds is 4. The summed E-state index contributed by atoms with van der Waals surface area (Å²) in [5, 5.41) is 8.40. The quantitative estimate of drug-likeness (QED) is 0.744. The summed E-state index contributed by atoms with van der Waals surface area (Å²) in [6.45, 7) is 4.77. The molecule has 1 aromatic heterocycles. The molecular formula is C8H15N3OS. The van der Waals surface area contributed by atoms with Crippen molar-refractivity contribution >= 4 is 11.8 Å². The van der Waals surface area contributed by atoms with E-state index in [-0.39, 0.29) is 5.41 Å². The van der Waals surface area contributed by atoms with Gasteiger partial charge < -0.3 is 10.2 Å². The van der Waals surface area contributed by atoms with Gasteiger partial charge in [0.1, 0.15) is 0 Å². The molecule has 0 aliphatic heterocycles. The number of nitrogens with zero attached hydrogens (tertiary/aromatic N) is 2. The second-order valence-corrected chi connectivity index (χ2v) is 4.47. The van der Waals surface area contributed by atoms with Crippen molar-refractivity contribution in [2.24, 2.45) is 11.1 Å². The molecule has 5 heteroatoms. The van der Waals surface area contributed by atoms with Gasteiger partial charge in [0, 0.05) is 6.42 Å². The van der Waals surface area contributed by atoms with Crippen LogP contribution in [0.25, 0.3) is 0 Å². The van der Waals surface area contributed by atoms with E-state index in [0.717, 1.165) is 6.42 Å². The Labute approximate surface area is 82.3 Å². The molecule has 0 radical (unpaired) electrons. The monoisotopic (exact) mass is 201 g/mol. The summed E-state index contributed by atoms with van der Waals surface area (Å²) in [5.41, 5.74) is 5.63. The van der Waals surface area contributed by atoms with Crippen LogP contribution < -0.4 is 5.73 Å². The van der Waals surface area contributed by atoms with Gasteiger partial charge in [-0.15, -0.1) is 10.2 Å². The number of hydrogen-bond donors (Lipinski definition) is 1. The van der Waals surface area contributed by atoms with E-state index in [2.05, 4.69) is 24.0 Å². The van der Waals surface area contributed by atoms with Crippen LogP contribution in [0.2, 0.25) is 0 Å². The normalized spacial score (nSPS) is 12.0. The van der Waals surface area contributed by atoms with Crippen LogP contribution in [0.4, 0.5) is 0 Å². The van der Waals surface area contributed by atoms with Gasteiger partial charge in [-0.25, -0.2) is 0 Å². The Hall–Kier alpha value is -0.550. The summed E-state index contributed by atoms with van der Waals surface area (Å²) in [5.74, 6) is 0.666. The van der Waals surface area contributed by atoms with Gasteiger partial charge in [-0.1, -0.05) is 25.6 Å². The third-order valence-electron chi connectivity index (χ3n) is 1.81. The van der Waals surface area contributed by atoms with Crippen LogP contribution in [0, 0.1) is 5.41 Å². The first-order chi connectivity index (χ1) is 6.07. The summed E-state index contributed by atoms with van der Waals surface area (Å²) in [6.07, 6.45) is 2.64. The molecule has 0 unspecified atom stereocenters. The van der Waals surface area contributed by atoms with Crippen molar-refractivity contribution in [3.8, 4) is 0 Å². The van der Waals surface area contributed by atoms with E-state index < -0.39 is 0 Å². The Morgan fingerprint density at radius 2 is 2.15 bits per heavy atom. The highest BCUT2D eigenvalue weighted by Crippen LogP contribution is 2.21. The third-order valence-corrected chi connectivity index (χ3v) is 2.32. The zero-order valence-electron chi connectivity index (χ0n) is 8.20. The van der Waals surface area contributed by atoms with Crippen molar-refractivity contribution in [1.82, 2.24) is 10.2 Å². The van der Waals surface area contributed by atoms with Crippen LogP contribution >= 0.6 is 11.8 Å². The lowest BCUT2D eigenvalue weighted by molar-refractivity contribution is 0.314. The number of thioether (sulfide) groups is 1. The molecule has 0 saturated heterocycles. The SMILES string of the molecule is CSc1nnc(CC(C)(C)CN)o1. The zero-order chi connectivity index (χ0) is 9.90. The van der Waals surface area contributed by atoms with Gasteiger partial charge >= 0.3 is 0 Å². The summed E-state index contributed by atoms with van der Waals surface area (Å²) >= 11 is 1.45. The highest BCUT2D eigenvalue weighted by atomic mass is 32.2. The molecule has 0 bridgehead atoms. The van der Waals surface area contributed by atoms with Crippen LogP contribution in [0.3, 0.4) is 0 Å². The molecule has 1 rings (SSSR count). The van der Waals surface area contributed by atoms with Gasteiger partial charge in [0.25, 0.3) is 5.22 Å². The fraction of sp³-hybridized carbons (Fsp3) is 0.750. The molecule has 2 N–H and O–H groups in total. The summed E-state index contributed by atoms with van der Waals surface area (Å²) in [6, 6.07) is 0. The van der Waals surface area contributed by atoms with Crippen molar-refractivity contribution in [3.05, 3.63) is 5.89 Å². The zero-order valence-corrected chi connectivity index (χ0v) is 9.02. The van der Waals surface area contributed by atoms with Crippen LogP contribution in [-0.2, 0) is 6.42 Å². The van der Waals surface area contributed by atoms with E-state index in [1.807, 2.05) is 6.26 Å². The lowest BCUT2D eigenvalue weighted by Crippen LogP contribution is -2.26. The van der Waals surface area contributed by atoms with Gasteiger partial charge in [-0.05, 0) is 18.2 Å². The molecule has 0 spiro atoms. The Balaban J connectivity index is 2.63. The lowest BCUT2D eigenvalue weighted by Gasteiger charge is -2.19. The van der Waals surface area contributed by atoms with Crippen molar-refractivity contribution in [2.45, 2.75) is 25.5 Å². The smallest absolute Gasteiger partial charge is 0.276 e. The second kappa shape index (κ2) is 4.11. The molecule has 13 heavy (non-hydrogen) atoms. The molecular weight excluding hydrogens is 186 g/mol. The maximum absolute atomic E-state index is 5.60. The number of nitrogens with two attached hydrogens (primary N) is 1. The highest BCUT2D eigenvalue weighted by molar-refractivity contribution is 7.98. The summed E-state index contributed by atoms with van der Waals surface area (Å²) in [4.78, 5) is 0. The van der Waals surface area contributed by atoms with Crippen LogP contribution in [0.5, 0.6) is 0 Å². The van der Waals surface area contributed by atoms with Gasteiger partial charge in [0.15, 0.2) is 0 Å². The van der Waals surface area contributed by atoms with Crippen molar-refractivity contribution < 1.29 is 4.42 Å². The minimum absolute atomic E-state index is 0.0300. The third kappa shape index (κ3) is 3.00. The van der Waals surface area contributed by atoms with Crippen molar-refractivity contribution in [1.29, 1.82) is 0 Å². The Kier molecular flexibility index (Phi) is 3.33. The second-order valence-electron chi connectivity index (χ2n) is 3.71. The largest absolute Gasteiger partial charge is 0.416 e. The van der Waals surface area contributed by atoms with Gasteiger partial charge in [0.2, 0.25) is 5.89 Å². The molecule has 0 aliphatic rings. The van der Waals surface area contributed by atoms with Crippen LogP contribution in [-0.4, -0.2) is 23.0 Å². The fourth-order valence-corrected chi connectivity index (χ4v) is 1.18. The molecule has 0 saturated carbocycles. The molecule has 74 valence electrons. The predicted molar refractivity (Wildman–Crippen MR) is 52.6 cm³/mol. The lowest BCUT2D eigenvalue weighted by atomic mass is 9.90. The molecule has 0 aromatic carbocycles. The molecule has 1 aromatic rings. The molecule has 0 amide bonds. The van der Waals surface area contributed by atoms with E-state index in [1.54, 1.807) is 0 Å². The molecule has 4 nitrogen and oxygen atoms in total. The van der Waals surface area contributed by atoms with E-state index in [0.29, 0.717) is 17.7 Å². The first-order valence-electron chi connectivity index (χ1n) is 4.14. The van der Waals surface area contributed by atoms with E-state index in [4.69, 9.17) is 10.2 Å². The summed E-state index contributed by atoms with van der Waals surface area (Å²) < 4.78 is 5.36. The minimum Gasteiger partial charge on any atom is -0.416 e. The molecule has 0 fully saturated rings. The molecule has 0 atom stereocenters. The summed E-state index contributed by atoms with van der Waals surface area (Å²) in [7, 11) is 0. The maximum atomic E-state index is 5.60. The average Bonchev–Trinajstić information content (AvgIpc) is 2.52. The molecule has 0 aliphatic carbocycles. The first kappa shape index (κ1) is 10.5. The van der Waals surface area contributed by atoms with Crippen molar-refractivity contribution in [3.63, 3.8) is 0 Å². The first-order valence-corrected chi connectivity index (χ1v) is 5.36. The van der Waals surface area contributed by atoms with E-state index >= 15 is 0 Å². The van der Waals surface area contributed by atoms with Crippen LogP contribution in [0.1, 0.15) is 19.7 Å². The van der Waals surface area contributed by atoms with Gasteiger partial charge in [0.05, 0.1) is 0 Å².